The topological polar surface area (TPSA) is 54.0 Å². The summed E-state index contributed by atoms with van der Waals surface area (Å²) in [6, 6.07) is 7.74. The molecule has 0 unspecified atom stereocenters. The van der Waals surface area contributed by atoms with Gasteiger partial charge < -0.3 is 10.6 Å². The molecule has 8 heteroatoms. The fourth-order valence-corrected chi connectivity index (χ4v) is 3.73. The van der Waals surface area contributed by atoms with E-state index in [1.54, 1.807) is 23.1 Å². The molecule has 1 amide bonds. The Kier molecular flexibility index (Phi) is 13.0. The van der Waals surface area contributed by atoms with Gasteiger partial charge in [-0.1, -0.05) is 19.1 Å². The number of aryl methyl sites for hydroxylation is 1. The lowest BCUT2D eigenvalue weighted by Gasteiger charge is -2.10. The normalized spacial score (nSPS) is 9.84. The van der Waals surface area contributed by atoms with Crippen molar-refractivity contribution in [3.63, 3.8) is 0 Å². The van der Waals surface area contributed by atoms with Crippen LogP contribution in [0.4, 0.5) is 0 Å². The van der Waals surface area contributed by atoms with Crippen LogP contribution in [0.5, 0.6) is 0 Å². The average Bonchev–Trinajstić information content (AvgIpc) is 2.98. The van der Waals surface area contributed by atoms with E-state index < -0.39 is 0 Å². The number of aromatic nitrogens is 1. The van der Waals surface area contributed by atoms with Crippen LogP contribution in [0.2, 0.25) is 0 Å². The van der Waals surface area contributed by atoms with E-state index in [0.717, 1.165) is 46.4 Å². The number of carbonyl (C=O) groups is 1. The van der Waals surface area contributed by atoms with Crippen molar-refractivity contribution in [1.29, 1.82) is 0 Å². The Bertz CT molecular complexity index is 638. The monoisotopic (exact) mass is 421 g/mol. The molecule has 0 aliphatic rings. The fraction of sp³-hybridized carbons (Fsp3) is 0.412. The van der Waals surface area contributed by atoms with Gasteiger partial charge in [0.2, 0.25) is 0 Å². The zero-order valence-electron chi connectivity index (χ0n) is 14.4. The molecular formula is C17H25Cl2N3OS2. The molecule has 1 heterocycles. The minimum atomic E-state index is -0.0131. The summed E-state index contributed by atoms with van der Waals surface area (Å²) in [6.07, 6.45) is 1.10. The minimum absolute atomic E-state index is 0. The molecule has 2 N–H and O–H groups in total. The van der Waals surface area contributed by atoms with Gasteiger partial charge in [0.05, 0.1) is 16.3 Å². The van der Waals surface area contributed by atoms with Gasteiger partial charge >= 0.3 is 0 Å². The molecule has 140 valence electrons. The SMILES string of the molecule is CCCNCCNC(=O)c1ccccc1SCc1csc(C)n1.Cl.Cl. The molecule has 25 heavy (non-hydrogen) atoms. The van der Waals surface area contributed by atoms with E-state index in [1.165, 1.54) is 0 Å². The van der Waals surface area contributed by atoms with E-state index in [1.807, 2.05) is 31.2 Å². The van der Waals surface area contributed by atoms with Crippen LogP contribution in [-0.2, 0) is 5.75 Å². The molecule has 1 aromatic carbocycles. The summed E-state index contributed by atoms with van der Waals surface area (Å²) < 4.78 is 0. The zero-order valence-corrected chi connectivity index (χ0v) is 17.7. The van der Waals surface area contributed by atoms with Crippen LogP contribution in [0.1, 0.15) is 34.4 Å². The Hall–Kier alpha value is -0.790. The Balaban J connectivity index is 0.00000288. The highest BCUT2D eigenvalue weighted by molar-refractivity contribution is 7.98. The quantitative estimate of drug-likeness (QED) is 0.467. The first-order chi connectivity index (χ1) is 11.2. The number of nitrogens with zero attached hydrogens (tertiary/aromatic N) is 1. The maximum absolute atomic E-state index is 12.3. The second-order valence-corrected chi connectivity index (χ2v) is 7.23. The summed E-state index contributed by atoms with van der Waals surface area (Å²) in [6.45, 7) is 6.56. The van der Waals surface area contributed by atoms with E-state index in [9.17, 15) is 4.79 Å². The van der Waals surface area contributed by atoms with Crippen molar-refractivity contribution in [2.45, 2.75) is 30.9 Å². The summed E-state index contributed by atoms with van der Waals surface area (Å²) >= 11 is 3.31. The lowest BCUT2D eigenvalue weighted by Crippen LogP contribution is -2.32. The van der Waals surface area contributed by atoms with Crippen LogP contribution in [-0.4, -0.2) is 30.5 Å². The van der Waals surface area contributed by atoms with Crippen molar-refractivity contribution in [3.8, 4) is 0 Å². The maximum Gasteiger partial charge on any atom is 0.252 e. The molecule has 1 aromatic heterocycles. The molecule has 4 nitrogen and oxygen atoms in total. The second-order valence-electron chi connectivity index (χ2n) is 5.15. The fourth-order valence-electron chi connectivity index (χ4n) is 2.07. The molecule has 0 saturated heterocycles. The van der Waals surface area contributed by atoms with E-state index in [2.05, 4.69) is 27.9 Å². The lowest BCUT2D eigenvalue weighted by molar-refractivity contribution is 0.0951. The second kappa shape index (κ2) is 13.4. The zero-order chi connectivity index (χ0) is 16.5. The summed E-state index contributed by atoms with van der Waals surface area (Å²) in [5, 5.41) is 9.40. The molecule has 0 atom stereocenters. The van der Waals surface area contributed by atoms with E-state index in [-0.39, 0.29) is 30.7 Å². The van der Waals surface area contributed by atoms with E-state index in [4.69, 9.17) is 0 Å². The average molecular weight is 422 g/mol. The van der Waals surface area contributed by atoms with Gasteiger partial charge in [-0.05, 0) is 32.0 Å². The van der Waals surface area contributed by atoms with Crippen LogP contribution < -0.4 is 10.6 Å². The summed E-state index contributed by atoms with van der Waals surface area (Å²) in [5.41, 5.74) is 1.80. The molecular weight excluding hydrogens is 397 g/mol. The molecule has 0 bridgehead atoms. The summed E-state index contributed by atoms with van der Waals surface area (Å²) in [5.74, 6) is 0.771. The van der Waals surface area contributed by atoms with Gasteiger partial charge in [-0.2, -0.15) is 0 Å². The van der Waals surface area contributed by atoms with Gasteiger partial charge in [-0.25, -0.2) is 4.98 Å². The number of hydrogen-bond donors (Lipinski definition) is 2. The highest BCUT2D eigenvalue weighted by Gasteiger charge is 2.11. The first kappa shape index (κ1) is 24.2. The number of rotatable bonds is 9. The Morgan fingerprint density at radius 1 is 1.20 bits per heavy atom. The smallest absolute Gasteiger partial charge is 0.252 e. The number of carbonyl (C=O) groups excluding carboxylic acids is 1. The van der Waals surface area contributed by atoms with Gasteiger partial charge in [0.25, 0.3) is 5.91 Å². The van der Waals surface area contributed by atoms with Gasteiger partial charge in [0.15, 0.2) is 0 Å². The molecule has 2 aromatic rings. The molecule has 0 radical (unpaired) electrons. The third kappa shape index (κ3) is 8.42. The first-order valence-corrected chi connectivity index (χ1v) is 9.69. The number of benzene rings is 1. The highest BCUT2D eigenvalue weighted by Crippen LogP contribution is 2.26. The van der Waals surface area contributed by atoms with Gasteiger partial charge in [0.1, 0.15) is 0 Å². The molecule has 0 fully saturated rings. The van der Waals surface area contributed by atoms with Crippen molar-refractivity contribution >= 4 is 53.8 Å². The molecule has 0 saturated carbocycles. The number of hydrogen-bond acceptors (Lipinski definition) is 5. The van der Waals surface area contributed by atoms with E-state index >= 15 is 0 Å². The Labute approximate surface area is 170 Å². The minimum Gasteiger partial charge on any atom is -0.351 e. The number of amides is 1. The van der Waals surface area contributed by atoms with Gasteiger partial charge in [-0.3, -0.25) is 4.79 Å². The third-order valence-electron chi connectivity index (χ3n) is 3.19. The first-order valence-electron chi connectivity index (χ1n) is 7.82. The molecule has 0 aliphatic heterocycles. The predicted molar refractivity (Wildman–Crippen MR) is 113 cm³/mol. The standard InChI is InChI=1S/C17H23N3OS2.2ClH/c1-3-8-18-9-10-19-17(21)15-6-4-5-7-16(15)23-12-14-11-22-13(2)20-14;;/h4-7,11,18H,3,8-10,12H2,1-2H3,(H,19,21);2*1H. The number of thiazole rings is 1. The molecule has 0 aliphatic carbocycles. The molecule has 2 rings (SSSR count). The van der Waals surface area contributed by atoms with Crippen LogP contribution in [0, 0.1) is 6.92 Å². The maximum atomic E-state index is 12.3. The van der Waals surface area contributed by atoms with Gasteiger partial charge in [0, 0.05) is 29.1 Å². The predicted octanol–water partition coefficient (Wildman–Crippen LogP) is 4.32. The van der Waals surface area contributed by atoms with Crippen molar-refractivity contribution in [3.05, 3.63) is 45.9 Å². The summed E-state index contributed by atoms with van der Waals surface area (Å²) in [4.78, 5) is 17.8. The third-order valence-corrected chi connectivity index (χ3v) is 5.12. The number of thioether (sulfide) groups is 1. The van der Waals surface area contributed by atoms with Crippen LogP contribution >= 0.6 is 47.9 Å². The largest absolute Gasteiger partial charge is 0.351 e. The van der Waals surface area contributed by atoms with Crippen LogP contribution in [0.15, 0.2) is 34.5 Å². The van der Waals surface area contributed by atoms with E-state index in [0.29, 0.717) is 6.54 Å². The van der Waals surface area contributed by atoms with Gasteiger partial charge in [-0.15, -0.1) is 47.9 Å². The van der Waals surface area contributed by atoms with Crippen molar-refractivity contribution in [2.75, 3.05) is 19.6 Å². The van der Waals surface area contributed by atoms with Crippen molar-refractivity contribution < 1.29 is 4.79 Å². The Morgan fingerprint density at radius 3 is 2.64 bits per heavy atom. The van der Waals surface area contributed by atoms with Crippen LogP contribution in [0.3, 0.4) is 0 Å². The molecule has 0 spiro atoms. The Morgan fingerprint density at radius 2 is 1.96 bits per heavy atom. The van der Waals surface area contributed by atoms with Crippen molar-refractivity contribution in [1.82, 2.24) is 15.6 Å². The lowest BCUT2D eigenvalue weighted by atomic mass is 10.2. The highest BCUT2D eigenvalue weighted by atomic mass is 35.5. The number of halogens is 2. The van der Waals surface area contributed by atoms with Crippen LogP contribution in [0.25, 0.3) is 0 Å². The summed E-state index contributed by atoms with van der Waals surface area (Å²) in [7, 11) is 0. The number of nitrogens with one attached hydrogen (secondary N) is 2. The van der Waals surface area contributed by atoms with Crippen molar-refractivity contribution in [2.24, 2.45) is 0 Å².